The molecule has 0 spiro atoms. The minimum Gasteiger partial charge on any atom is -0.489 e. The molecule has 0 aliphatic carbocycles. The van der Waals surface area contributed by atoms with E-state index in [1.165, 1.54) is 12.1 Å². The van der Waals surface area contributed by atoms with Crippen molar-refractivity contribution < 1.29 is 13.5 Å². The van der Waals surface area contributed by atoms with E-state index in [0.29, 0.717) is 10.8 Å². The van der Waals surface area contributed by atoms with Crippen LogP contribution in [-0.2, 0) is 0 Å². The van der Waals surface area contributed by atoms with Gasteiger partial charge in [-0.3, -0.25) is 5.84 Å². The molecule has 21 heavy (non-hydrogen) atoms. The van der Waals surface area contributed by atoms with Gasteiger partial charge in [-0.05, 0) is 31.2 Å². The Morgan fingerprint density at radius 3 is 2.57 bits per heavy atom. The fourth-order valence-corrected chi connectivity index (χ4v) is 2.24. The number of nitrogens with one attached hydrogen (secondary N) is 1. The van der Waals surface area contributed by atoms with Crippen molar-refractivity contribution in [3.8, 4) is 5.75 Å². The van der Waals surface area contributed by atoms with Crippen molar-refractivity contribution in [3.05, 3.63) is 64.7 Å². The van der Waals surface area contributed by atoms with Gasteiger partial charge >= 0.3 is 0 Å². The monoisotopic (exact) mass is 312 g/mol. The van der Waals surface area contributed by atoms with Gasteiger partial charge in [0.2, 0.25) is 0 Å². The van der Waals surface area contributed by atoms with E-state index < -0.39 is 23.8 Å². The van der Waals surface area contributed by atoms with Gasteiger partial charge in [0.15, 0.2) is 11.6 Å². The summed E-state index contributed by atoms with van der Waals surface area (Å²) in [6, 6.07) is 10.0. The van der Waals surface area contributed by atoms with E-state index in [-0.39, 0.29) is 5.56 Å². The largest absolute Gasteiger partial charge is 0.489 e. The van der Waals surface area contributed by atoms with E-state index in [0.717, 1.165) is 6.07 Å². The van der Waals surface area contributed by atoms with Crippen LogP contribution < -0.4 is 16.0 Å². The maximum Gasteiger partial charge on any atom is 0.163 e. The number of halogens is 3. The summed E-state index contributed by atoms with van der Waals surface area (Å²) < 4.78 is 32.9. The molecule has 0 saturated carbocycles. The van der Waals surface area contributed by atoms with Gasteiger partial charge in [0.05, 0.1) is 6.04 Å². The van der Waals surface area contributed by atoms with Crippen molar-refractivity contribution in [3.63, 3.8) is 0 Å². The number of hydrogen-bond donors (Lipinski definition) is 2. The van der Waals surface area contributed by atoms with Crippen molar-refractivity contribution >= 4 is 11.6 Å². The molecule has 2 aromatic rings. The molecule has 0 aliphatic rings. The fraction of sp³-hybridized carbons (Fsp3) is 0.200. The summed E-state index contributed by atoms with van der Waals surface area (Å²) >= 11 is 5.87. The van der Waals surface area contributed by atoms with Crippen LogP contribution in [0.4, 0.5) is 8.78 Å². The van der Waals surface area contributed by atoms with Crippen molar-refractivity contribution in [2.75, 3.05) is 0 Å². The Kier molecular flexibility index (Phi) is 5.12. The van der Waals surface area contributed by atoms with Crippen molar-refractivity contribution in [2.45, 2.75) is 19.1 Å². The lowest BCUT2D eigenvalue weighted by Crippen LogP contribution is -2.38. The molecule has 112 valence electrons. The predicted molar refractivity (Wildman–Crippen MR) is 78.0 cm³/mol. The van der Waals surface area contributed by atoms with Gasteiger partial charge in [-0.25, -0.2) is 14.2 Å². The van der Waals surface area contributed by atoms with Crippen LogP contribution in [0.3, 0.4) is 0 Å². The van der Waals surface area contributed by atoms with Gasteiger partial charge < -0.3 is 4.74 Å². The molecule has 0 saturated heterocycles. The first-order valence-corrected chi connectivity index (χ1v) is 6.73. The number of hydrogen-bond acceptors (Lipinski definition) is 3. The topological polar surface area (TPSA) is 47.3 Å². The van der Waals surface area contributed by atoms with E-state index in [1.807, 2.05) is 0 Å². The smallest absolute Gasteiger partial charge is 0.163 e. The minimum atomic E-state index is -0.943. The maximum absolute atomic E-state index is 13.9. The van der Waals surface area contributed by atoms with E-state index >= 15 is 0 Å². The molecule has 2 rings (SSSR count). The summed E-state index contributed by atoms with van der Waals surface area (Å²) in [6.45, 7) is 1.70. The van der Waals surface area contributed by atoms with Crippen LogP contribution >= 0.6 is 11.6 Å². The molecule has 6 heteroatoms. The molecule has 2 atom stereocenters. The Bertz CT molecular complexity index is 624. The van der Waals surface area contributed by atoms with E-state index in [9.17, 15) is 8.78 Å². The number of hydrazine groups is 1. The molecule has 0 aliphatic heterocycles. The van der Waals surface area contributed by atoms with E-state index in [2.05, 4.69) is 5.43 Å². The lowest BCUT2D eigenvalue weighted by Gasteiger charge is -2.25. The highest BCUT2D eigenvalue weighted by Crippen LogP contribution is 2.26. The van der Waals surface area contributed by atoms with Crippen LogP contribution in [0, 0.1) is 11.6 Å². The summed E-state index contributed by atoms with van der Waals surface area (Å²) in [7, 11) is 0. The molecule has 0 bridgehead atoms. The number of ether oxygens (including phenoxy) is 1. The van der Waals surface area contributed by atoms with Crippen molar-refractivity contribution in [2.24, 2.45) is 5.84 Å². The highest BCUT2D eigenvalue weighted by molar-refractivity contribution is 6.30. The first-order valence-electron chi connectivity index (χ1n) is 6.35. The molecule has 0 fully saturated rings. The third-order valence-corrected chi connectivity index (χ3v) is 3.32. The van der Waals surface area contributed by atoms with E-state index in [4.69, 9.17) is 22.2 Å². The lowest BCUT2D eigenvalue weighted by atomic mass is 10.0. The van der Waals surface area contributed by atoms with Crippen molar-refractivity contribution in [1.82, 2.24) is 5.43 Å². The Morgan fingerprint density at radius 1 is 1.19 bits per heavy atom. The Morgan fingerprint density at radius 2 is 1.90 bits per heavy atom. The summed E-state index contributed by atoms with van der Waals surface area (Å²) in [5.41, 5.74) is 2.56. The molecule has 0 amide bonds. The molecule has 3 nitrogen and oxygen atoms in total. The molecule has 0 radical (unpaired) electrons. The number of rotatable bonds is 5. The normalized spacial score (nSPS) is 13.8. The SMILES string of the molecule is CC(Oc1cccc(Cl)c1)C(NN)c1cccc(F)c1F. The molecule has 3 N–H and O–H groups in total. The van der Waals surface area contributed by atoms with Crippen molar-refractivity contribution in [1.29, 1.82) is 0 Å². The average Bonchev–Trinajstić information content (AvgIpc) is 2.44. The zero-order chi connectivity index (χ0) is 15.4. The average molecular weight is 313 g/mol. The van der Waals surface area contributed by atoms with Crippen LogP contribution in [0.5, 0.6) is 5.75 Å². The highest BCUT2D eigenvalue weighted by atomic mass is 35.5. The number of nitrogens with two attached hydrogens (primary N) is 1. The fourth-order valence-electron chi connectivity index (χ4n) is 2.06. The second-order valence-electron chi connectivity index (χ2n) is 4.57. The molecule has 2 unspecified atom stereocenters. The zero-order valence-corrected chi connectivity index (χ0v) is 12.1. The number of benzene rings is 2. The first kappa shape index (κ1) is 15.7. The van der Waals surface area contributed by atoms with Gasteiger partial charge in [-0.2, -0.15) is 0 Å². The lowest BCUT2D eigenvalue weighted by molar-refractivity contribution is 0.168. The summed E-state index contributed by atoms with van der Waals surface area (Å²) in [6.07, 6.45) is -0.537. The predicted octanol–water partition coefficient (Wildman–Crippen LogP) is 3.59. The second-order valence-corrected chi connectivity index (χ2v) is 5.00. The summed E-state index contributed by atoms with van der Waals surface area (Å²) in [5, 5.41) is 0.522. The third kappa shape index (κ3) is 3.69. The van der Waals surface area contributed by atoms with Crippen LogP contribution in [-0.4, -0.2) is 6.10 Å². The Labute approximate surface area is 126 Å². The van der Waals surface area contributed by atoms with Gasteiger partial charge in [0, 0.05) is 10.6 Å². The highest BCUT2D eigenvalue weighted by Gasteiger charge is 2.24. The van der Waals surface area contributed by atoms with Gasteiger partial charge in [-0.1, -0.05) is 29.8 Å². The van der Waals surface area contributed by atoms with E-state index in [1.54, 1.807) is 31.2 Å². The van der Waals surface area contributed by atoms with Crippen LogP contribution in [0.15, 0.2) is 42.5 Å². The molecular weight excluding hydrogens is 298 g/mol. The standard InChI is InChI=1S/C15H15ClF2N2O/c1-9(21-11-5-2-4-10(16)8-11)15(20-19)12-6-3-7-13(17)14(12)18/h2-9,15,20H,19H2,1H3. The Hall–Kier alpha value is -1.69. The van der Waals surface area contributed by atoms with Crippen LogP contribution in [0.25, 0.3) is 0 Å². The second kappa shape index (κ2) is 6.85. The first-order chi connectivity index (χ1) is 10.0. The van der Waals surface area contributed by atoms with Gasteiger partial charge in [0.25, 0.3) is 0 Å². The molecule has 2 aromatic carbocycles. The molecule has 0 heterocycles. The minimum absolute atomic E-state index is 0.104. The van der Waals surface area contributed by atoms with Gasteiger partial charge in [0.1, 0.15) is 11.9 Å². The van der Waals surface area contributed by atoms with Crippen LogP contribution in [0.1, 0.15) is 18.5 Å². The summed E-state index contributed by atoms with van der Waals surface area (Å²) in [5.74, 6) is 4.11. The summed E-state index contributed by atoms with van der Waals surface area (Å²) in [4.78, 5) is 0. The van der Waals surface area contributed by atoms with Gasteiger partial charge in [-0.15, -0.1) is 0 Å². The zero-order valence-electron chi connectivity index (χ0n) is 11.3. The Balaban J connectivity index is 2.22. The molecular formula is C15H15ClF2N2O. The van der Waals surface area contributed by atoms with Crippen LogP contribution in [0.2, 0.25) is 5.02 Å². The maximum atomic E-state index is 13.9. The quantitative estimate of drug-likeness (QED) is 0.655. The molecule has 0 aromatic heterocycles. The third-order valence-electron chi connectivity index (χ3n) is 3.08.